The van der Waals surface area contributed by atoms with E-state index in [1.165, 1.54) is 18.7 Å². The minimum atomic E-state index is -0.766. The normalized spacial score (nSPS) is 11.2. The van der Waals surface area contributed by atoms with E-state index in [9.17, 15) is 14.0 Å². The summed E-state index contributed by atoms with van der Waals surface area (Å²) in [6, 6.07) is 10.3. The first-order valence-electron chi connectivity index (χ1n) is 14.0. The van der Waals surface area contributed by atoms with E-state index < -0.39 is 17.9 Å². The number of nitrogens with two attached hydrogens (primary N) is 1. The van der Waals surface area contributed by atoms with Gasteiger partial charge in [-0.1, -0.05) is 45.0 Å². The highest BCUT2D eigenvalue weighted by atomic mass is 19.1. The number of hydrogen-bond donors (Lipinski definition) is 5. The number of hydrogen-bond acceptors (Lipinski definition) is 8. The summed E-state index contributed by atoms with van der Waals surface area (Å²) in [7, 11) is 1.20. The summed E-state index contributed by atoms with van der Waals surface area (Å²) in [5.41, 5.74) is 7.66. The molecular formula is C30H46FN5O4. The number of nitrogens with one attached hydrogen (secondary N) is 4. The molecule has 2 rings (SSSR count). The lowest BCUT2D eigenvalue weighted by atomic mass is 9.87. The van der Waals surface area contributed by atoms with Crippen LogP contribution in [0.2, 0.25) is 0 Å². The SMILES string of the molecule is COC(=O)c1cc(F)c(NCCCNCCCCNCCCN)cc1NC(=O)OCc1ccc(C(C)(C)C)cc1. The molecule has 0 atom stereocenters. The molecular weight excluding hydrogens is 513 g/mol. The van der Waals surface area contributed by atoms with E-state index in [-0.39, 0.29) is 29.0 Å². The van der Waals surface area contributed by atoms with Gasteiger partial charge in [0.05, 0.1) is 24.0 Å². The Hall–Kier alpha value is -3.21. The van der Waals surface area contributed by atoms with Gasteiger partial charge in [-0.05, 0) is 87.1 Å². The van der Waals surface area contributed by atoms with Crippen molar-refractivity contribution < 1.29 is 23.5 Å². The number of methoxy groups -OCH3 is 1. The van der Waals surface area contributed by atoms with Crippen molar-refractivity contribution in [2.45, 2.75) is 58.5 Å². The predicted molar refractivity (Wildman–Crippen MR) is 158 cm³/mol. The number of ether oxygens (including phenoxy) is 2. The fourth-order valence-electron chi connectivity index (χ4n) is 3.90. The molecule has 0 fully saturated rings. The molecule has 0 aromatic heterocycles. The summed E-state index contributed by atoms with van der Waals surface area (Å²) < 4.78 is 24.8. The summed E-state index contributed by atoms with van der Waals surface area (Å²) >= 11 is 0. The van der Waals surface area contributed by atoms with Gasteiger partial charge in [-0.3, -0.25) is 5.32 Å². The minimum absolute atomic E-state index is 0.0219. The number of halogens is 1. The number of benzene rings is 2. The van der Waals surface area contributed by atoms with Crippen LogP contribution in [0.15, 0.2) is 36.4 Å². The van der Waals surface area contributed by atoms with Gasteiger partial charge in [-0.2, -0.15) is 0 Å². The third-order valence-electron chi connectivity index (χ3n) is 6.30. The Morgan fingerprint density at radius 2 is 1.50 bits per heavy atom. The van der Waals surface area contributed by atoms with E-state index in [2.05, 4.69) is 42.0 Å². The van der Waals surface area contributed by atoms with E-state index in [1.807, 2.05) is 24.3 Å². The minimum Gasteiger partial charge on any atom is -0.465 e. The lowest BCUT2D eigenvalue weighted by Gasteiger charge is -2.19. The Balaban J connectivity index is 1.85. The molecule has 222 valence electrons. The molecule has 0 aliphatic heterocycles. The van der Waals surface area contributed by atoms with E-state index >= 15 is 0 Å². The zero-order valence-corrected chi connectivity index (χ0v) is 24.3. The van der Waals surface area contributed by atoms with Crippen LogP contribution in [0.5, 0.6) is 0 Å². The van der Waals surface area contributed by atoms with Crippen LogP contribution in [0.4, 0.5) is 20.6 Å². The molecule has 0 radical (unpaired) electrons. The Morgan fingerprint density at radius 3 is 2.10 bits per heavy atom. The van der Waals surface area contributed by atoms with E-state index in [1.54, 1.807) is 0 Å². The second-order valence-electron chi connectivity index (χ2n) is 10.6. The first-order chi connectivity index (χ1) is 19.2. The highest BCUT2D eigenvalue weighted by molar-refractivity contribution is 6.00. The van der Waals surface area contributed by atoms with Crippen LogP contribution < -0.4 is 27.0 Å². The third kappa shape index (κ3) is 11.9. The van der Waals surface area contributed by atoms with E-state index in [0.29, 0.717) is 13.1 Å². The molecule has 2 aromatic rings. The number of carbonyl (C=O) groups excluding carboxylic acids is 2. The Labute approximate surface area is 237 Å². The van der Waals surface area contributed by atoms with Crippen LogP contribution in [-0.2, 0) is 21.5 Å². The van der Waals surface area contributed by atoms with Crippen molar-refractivity contribution >= 4 is 23.4 Å². The smallest absolute Gasteiger partial charge is 0.411 e. The standard InChI is InChI=1S/C30H46FN5O4/c1-30(2,3)23-11-9-22(10-12-23)21-40-29(38)36-26-20-27(25(31)19-24(26)28(37)39-4)35-18-8-17-34-15-6-5-14-33-16-7-13-32/h9-12,19-20,33-35H,5-8,13-18,21,32H2,1-4H3,(H,36,38). The second kappa shape index (κ2) is 17.5. The van der Waals surface area contributed by atoms with Crippen LogP contribution in [0.25, 0.3) is 0 Å². The lowest BCUT2D eigenvalue weighted by Crippen LogP contribution is -2.22. The van der Waals surface area contributed by atoms with Crippen LogP contribution in [0.1, 0.15) is 67.9 Å². The molecule has 0 saturated heterocycles. The Morgan fingerprint density at radius 1 is 0.875 bits per heavy atom. The quantitative estimate of drug-likeness (QED) is 0.139. The van der Waals surface area contributed by atoms with Crippen molar-refractivity contribution in [2.75, 3.05) is 57.0 Å². The zero-order valence-electron chi connectivity index (χ0n) is 24.3. The fourth-order valence-corrected chi connectivity index (χ4v) is 3.90. The topological polar surface area (TPSA) is 127 Å². The molecule has 2 aromatic carbocycles. The maximum absolute atomic E-state index is 14.7. The van der Waals surface area contributed by atoms with Crippen molar-refractivity contribution in [3.63, 3.8) is 0 Å². The van der Waals surface area contributed by atoms with Crippen molar-refractivity contribution in [3.05, 3.63) is 58.9 Å². The van der Waals surface area contributed by atoms with Gasteiger partial charge in [0.25, 0.3) is 0 Å². The summed E-state index contributed by atoms with van der Waals surface area (Å²) in [6.07, 6.45) is 3.16. The second-order valence-corrected chi connectivity index (χ2v) is 10.6. The molecule has 0 aliphatic carbocycles. The molecule has 9 nitrogen and oxygen atoms in total. The molecule has 0 bridgehead atoms. The average Bonchev–Trinajstić information content (AvgIpc) is 2.93. The summed E-state index contributed by atoms with van der Waals surface area (Å²) in [5.74, 6) is -1.38. The van der Waals surface area contributed by atoms with Crippen molar-refractivity contribution in [2.24, 2.45) is 5.73 Å². The molecule has 0 unspecified atom stereocenters. The van der Waals surface area contributed by atoms with E-state index in [0.717, 1.165) is 63.5 Å². The number of unbranched alkanes of at least 4 members (excludes halogenated alkanes) is 1. The number of carbonyl (C=O) groups is 2. The number of esters is 1. The Kier molecular flexibility index (Phi) is 14.4. The predicted octanol–water partition coefficient (Wildman–Crippen LogP) is 4.77. The van der Waals surface area contributed by atoms with Gasteiger partial charge in [0.15, 0.2) is 0 Å². The molecule has 0 spiro atoms. The molecule has 1 amide bonds. The van der Waals surface area contributed by atoms with Gasteiger partial charge in [0.2, 0.25) is 0 Å². The molecule has 0 aliphatic rings. The lowest BCUT2D eigenvalue weighted by molar-refractivity contribution is 0.0601. The molecule has 40 heavy (non-hydrogen) atoms. The molecule has 10 heteroatoms. The largest absolute Gasteiger partial charge is 0.465 e. The summed E-state index contributed by atoms with van der Waals surface area (Å²) in [6.45, 7) is 11.3. The fraction of sp³-hybridized carbons (Fsp3) is 0.533. The Bertz CT molecular complexity index is 1060. The van der Waals surface area contributed by atoms with Gasteiger partial charge in [-0.25, -0.2) is 14.0 Å². The highest BCUT2D eigenvalue weighted by Crippen LogP contribution is 2.26. The number of anilines is 2. The van der Waals surface area contributed by atoms with Gasteiger partial charge < -0.3 is 31.2 Å². The van der Waals surface area contributed by atoms with Gasteiger partial charge in [-0.15, -0.1) is 0 Å². The van der Waals surface area contributed by atoms with Crippen molar-refractivity contribution in [3.8, 4) is 0 Å². The number of amides is 1. The van der Waals surface area contributed by atoms with Crippen molar-refractivity contribution in [1.82, 2.24) is 10.6 Å². The van der Waals surface area contributed by atoms with E-state index in [4.69, 9.17) is 15.2 Å². The first-order valence-corrected chi connectivity index (χ1v) is 14.0. The first kappa shape index (κ1) is 33.0. The van der Waals surface area contributed by atoms with Gasteiger partial charge in [0.1, 0.15) is 12.4 Å². The molecule has 0 saturated carbocycles. The zero-order chi connectivity index (χ0) is 29.4. The third-order valence-corrected chi connectivity index (χ3v) is 6.30. The monoisotopic (exact) mass is 559 g/mol. The maximum atomic E-state index is 14.7. The van der Waals surface area contributed by atoms with Crippen LogP contribution >= 0.6 is 0 Å². The van der Waals surface area contributed by atoms with Crippen molar-refractivity contribution in [1.29, 1.82) is 0 Å². The summed E-state index contributed by atoms with van der Waals surface area (Å²) in [5, 5.41) is 12.3. The van der Waals surface area contributed by atoms with Gasteiger partial charge >= 0.3 is 12.1 Å². The average molecular weight is 560 g/mol. The van der Waals surface area contributed by atoms with Crippen LogP contribution in [0, 0.1) is 5.82 Å². The highest BCUT2D eigenvalue weighted by Gasteiger charge is 2.19. The molecule has 6 N–H and O–H groups in total. The summed E-state index contributed by atoms with van der Waals surface area (Å²) in [4.78, 5) is 24.8. The molecule has 0 heterocycles. The van der Waals surface area contributed by atoms with Gasteiger partial charge in [0, 0.05) is 6.54 Å². The number of rotatable bonds is 17. The maximum Gasteiger partial charge on any atom is 0.411 e. The van der Waals surface area contributed by atoms with Crippen LogP contribution in [0.3, 0.4) is 0 Å². The van der Waals surface area contributed by atoms with Crippen LogP contribution in [-0.4, -0.2) is 58.4 Å².